The van der Waals surface area contributed by atoms with Gasteiger partial charge in [-0.2, -0.15) is 13.2 Å². The number of aliphatic hydroxyl groups excluding tert-OH is 1. The van der Waals surface area contributed by atoms with Crippen LogP contribution in [0, 0.1) is 5.92 Å². The Hall–Kier alpha value is -3.23. The summed E-state index contributed by atoms with van der Waals surface area (Å²) in [5.74, 6) is -0.0775. The number of amides is 1. The van der Waals surface area contributed by atoms with Gasteiger partial charge in [0.1, 0.15) is 0 Å². The molecule has 2 aromatic carbocycles. The van der Waals surface area contributed by atoms with Crippen LogP contribution in [0.3, 0.4) is 0 Å². The van der Waals surface area contributed by atoms with Crippen molar-refractivity contribution < 1.29 is 23.1 Å². The molecule has 5 nitrogen and oxygen atoms in total. The van der Waals surface area contributed by atoms with Crippen molar-refractivity contribution in [3.05, 3.63) is 99.9 Å². The molecule has 1 aromatic heterocycles. The number of aromatic nitrogens is 1. The number of benzene rings is 2. The highest BCUT2D eigenvalue weighted by molar-refractivity contribution is 5.94. The second-order valence-electron chi connectivity index (χ2n) is 9.98. The lowest BCUT2D eigenvalue weighted by molar-refractivity contribution is -0.137. The van der Waals surface area contributed by atoms with E-state index in [0.29, 0.717) is 25.1 Å². The van der Waals surface area contributed by atoms with E-state index < -0.39 is 23.9 Å². The van der Waals surface area contributed by atoms with Gasteiger partial charge < -0.3 is 10.4 Å². The van der Waals surface area contributed by atoms with E-state index in [1.165, 1.54) is 12.1 Å². The molecule has 0 bridgehead atoms. The van der Waals surface area contributed by atoms with Crippen molar-refractivity contribution in [1.82, 2.24) is 15.2 Å². The summed E-state index contributed by atoms with van der Waals surface area (Å²) in [6.07, 6.45) is -2.98. The van der Waals surface area contributed by atoms with E-state index in [1.54, 1.807) is 6.20 Å². The Morgan fingerprint density at radius 3 is 2.56 bits per heavy atom. The van der Waals surface area contributed by atoms with E-state index in [2.05, 4.69) is 29.0 Å². The van der Waals surface area contributed by atoms with Gasteiger partial charge in [-0.1, -0.05) is 50.2 Å². The molecule has 2 heterocycles. The fraction of sp³-hybridized carbons (Fsp3) is 0.357. The molecule has 1 aliphatic carbocycles. The first-order valence-corrected chi connectivity index (χ1v) is 12.1. The minimum absolute atomic E-state index is 0.0112. The summed E-state index contributed by atoms with van der Waals surface area (Å²) in [6.45, 7) is 5.19. The first-order chi connectivity index (χ1) is 17.1. The predicted octanol–water partition coefficient (Wildman–Crippen LogP) is 5.20. The summed E-state index contributed by atoms with van der Waals surface area (Å²) < 4.78 is 38.8. The number of pyridine rings is 1. The average molecular weight is 496 g/mol. The first kappa shape index (κ1) is 24.5. The number of carbonyl (C=O) groups excluding carboxylic acids is 1. The SMILES string of the molecule is CC(C)C1c2ncc(C(=O)NC3c4ccccc4CC3O)cc2CN1Cc1ccc(C(F)(F)F)cc1. The molecule has 5 rings (SSSR count). The standard InChI is InChI=1S/C28H28F3N3O2/c1-16(2)26-24-20(15-34(26)14-17-7-9-21(10-8-17)28(29,30)31)11-19(13-32-24)27(36)33-25-22-6-4-3-5-18(22)12-23(25)35/h3-11,13,16,23,25-26,35H,12,14-15H2,1-2H3,(H,33,36). The summed E-state index contributed by atoms with van der Waals surface area (Å²) in [5, 5.41) is 13.5. The van der Waals surface area contributed by atoms with Gasteiger partial charge in [-0.25, -0.2) is 0 Å². The Morgan fingerprint density at radius 2 is 1.86 bits per heavy atom. The van der Waals surface area contributed by atoms with Crippen molar-refractivity contribution in [2.45, 2.75) is 57.7 Å². The molecule has 1 amide bonds. The van der Waals surface area contributed by atoms with Crippen molar-refractivity contribution in [2.75, 3.05) is 0 Å². The van der Waals surface area contributed by atoms with Gasteiger partial charge in [0.05, 0.1) is 35.0 Å². The van der Waals surface area contributed by atoms with Crippen LogP contribution in [0.1, 0.15) is 69.8 Å². The Labute approximate surface area is 208 Å². The summed E-state index contributed by atoms with van der Waals surface area (Å²) in [7, 11) is 0. The lowest BCUT2D eigenvalue weighted by Gasteiger charge is -2.27. The zero-order valence-corrected chi connectivity index (χ0v) is 20.1. The van der Waals surface area contributed by atoms with Gasteiger partial charge >= 0.3 is 6.18 Å². The highest BCUT2D eigenvalue weighted by atomic mass is 19.4. The third-order valence-corrected chi connectivity index (χ3v) is 7.10. The van der Waals surface area contributed by atoms with Crippen LogP contribution in [0.2, 0.25) is 0 Å². The Bertz CT molecular complexity index is 1270. The highest BCUT2D eigenvalue weighted by Crippen LogP contribution is 2.39. The minimum Gasteiger partial charge on any atom is -0.390 e. The lowest BCUT2D eigenvalue weighted by Crippen LogP contribution is -2.34. The number of aliphatic hydroxyl groups is 1. The number of nitrogens with zero attached hydrogens (tertiary/aromatic N) is 2. The summed E-state index contributed by atoms with van der Waals surface area (Å²) in [4.78, 5) is 19.9. The number of alkyl halides is 3. The molecule has 0 radical (unpaired) electrons. The molecule has 3 unspecified atom stereocenters. The number of halogens is 3. The largest absolute Gasteiger partial charge is 0.416 e. The lowest BCUT2D eigenvalue weighted by atomic mass is 9.99. The van der Waals surface area contributed by atoms with Crippen molar-refractivity contribution in [1.29, 1.82) is 0 Å². The minimum atomic E-state index is -4.36. The fourth-order valence-corrected chi connectivity index (χ4v) is 5.43. The third-order valence-electron chi connectivity index (χ3n) is 7.10. The maximum Gasteiger partial charge on any atom is 0.416 e. The van der Waals surface area contributed by atoms with Crippen LogP contribution < -0.4 is 5.32 Å². The van der Waals surface area contributed by atoms with Gasteiger partial charge in [0.2, 0.25) is 0 Å². The molecule has 188 valence electrons. The van der Waals surface area contributed by atoms with Gasteiger partial charge in [0.25, 0.3) is 5.91 Å². The fourth-order valence-electron chi connectivity index (χ4n) is 5.43. The third kappa shape index (κ3) is 4.63. The number of carbonyl (C=O) groups is 1. The molecular formula is C28H28F3N3O2. The van der Waals surface area contributed by atoms with E-state index in [9.17, 15) is 23.1 Å². The number of hydrogen-bond acceptors (Lipinski definition) is 4. The van der Waals surface area contributed by atoms with Crippen LogP contribution in [0.15, 0.2) is 60.8 Å². The van der Waals surface area contributed by atoms with Crippen LogP contribution >= 0.6 is 0 Å². The normalized spacial score (nSPS) is 21.5. The molecular weight excluding hydrogens is 467 g/mol. The molecule has 0 spiro atoms. The van der Waals surface area contributed by atoms with Crippen LogP contribution in [0.5, 0.6) is 0 Å². The predicted molar refractivity (Wildman–Crippen MR) is 129 cm³/mol. The van der Waals surface area contributed by atoms with E-state index in [-0.39, 0.29) is 17.9 Å². The van der Waals surface area contributed by atoms with Crippen molar-refractivity contribution in [3.63, 3.8) is 0 Å². The van der Waals surface area contributed by atoms with Crippen LogP contribution in [0.4, 0.5) is 13.2 Å². The molecule has 36 heavy (non-hydrogen) atoms. The van der Waals surface area contributed by atoms with Crippen LogP contribution in [0.25, 0.3) is 0 Å². The quantitative estimate of drug-likeness (QED) is 0.511. The Morgan fingerprint density at radius 1 is 1.14 bits per heavy atom. The summed E-state index contributed by atoms with van der Waals surface area (Å²) in [6, 6.07) is 14.3. The summed E-state index contributed by atoms with van der Waals surface area (Å²) >= 11 is 0. The van der Waals surface area contributed by atoms with Gasteiger partial charge in [-0.05, 0) is 46.4 Å². The molecule has 1 aliphatic heterocycles. The first-order valence-electron chi connectivity index (χ1n) is 12.1. The van der Waals surface area contributed by atoms with E-state index >= 15 is 0 Å². The monoisotopic (exact) mass is 495 g/mol. The van der Waals surface area contributed by atoms with Crippen molar-refractivity contribution in [2.24, 2.45) is 5.92 Å². The van der Waals surface area contributed by atoms with Crippen molar-refractivity contribution in [3.8, 4) is 0 Å². The molecule has 0 saturated heterocycles. The number of rotatable bonds is 5. The zero-order chi connectivity index (χ0) is 25.6. The number of nitrogens with one attached hydrogen (secondary N) is 1. The van der Waals surface area contributed by atoms with E-state index in [1.807, 2.05) is 30.3 Å². The van der Waals surface area contributed by atoms with Gasteiger partial charge in [-0.15, -0.1) is 0 Å². The second kappa shape index (κ2) is 9.33. The number of hydrogen-bond donors (Lipinski definition) is 2. The Balaban J connectivity index is 1.34. The molecule has 0 fully saturated rings. The van der Waals surface area contributed by atoms with Crippen LogP contribution in [-0.2, 0) is 25.7 Å². The number of fused-ring (bicyclic) bond motifs is 2. The Kier molecular flexibility index (Phi) is 6.34. The van der Waals surface area contributed by atoms with E-state index in [0.717, 1.165) is 40.1 Å². The molecule has 3 aromatic rings. The molecule has 3 atom stereocenters. The maximum atomic E-state index is 13.1. The summed E-state index contributed by atoms with van der Waals surface area (Å²) in [5.41, 5.74) is 4.32. The van der Waals surface area contributed by atoms with Gasteiger partial charge in [0.15, 0.2) is 0 Å². The molecule has 0 saturated carbocycles. The second-order valence-corrected chi connectivity index (χ2v) is 9.98. The molecule has 2 aliphatic rings. The topological polar surface area (TPSA) is 65.5 Å². The highest BCUT2D eigenvalue weighted by Gasteiger charge is 2.36. The molecule has 8 heteroatoms. The smallest absolute Gasteiger partial charge is 0.390 e. The zero-order valence-electron chi connectivity index (χ0n) is 20.1. The average Bonchev–Trinajstić information content (AvgIpc) is 3.35. The molecule has 2 N–H and O–H groups in total. The van der Waals surface area contributed by atoms with Gasteiger partial charge in [-0.3, -0.25) is 14.7 Å². The van der Waals surface area contributed by atoms with Crippen LogP contribution in [-0.4, -0.2) is 27.0 Å². The maximum absolute atomic E-state index is 13.1. The van der Waals surface area contributed by atoms with E-state index in [4.69, 9.17) is 0 Å². The van der Waals surface area contributed by atoms with Crippen molar-refractivity contribution >= 4 is 5.91 Å². The van der Waals surface area contributed by atoms with Gasteiger partial charge in [0, 0.05) is 25.7 Å².